The van der Waals surface area contributed by atoms with Crippen molar-refractivity contribution >= 4 is 11.9 Å². The minimum absolute atomic E-state index is 0. The number of rotatable bonds is 3. The Labute approximate surface area is 75.6 Å². The van der Waals surface area contributed by atoms with Gasteiger partial charge < -0.3 is 31.1 Å². The third-order valence-electron chi connectivity index (χ3n) is 0.632. The van der Waals surface area contributed by atoms with E-state index in [1.807, 2.05) is 0 Å². The van der Waals surface area contributed by atoms with Crippen LogP contribution in [0.25, 0.3) is 0 Å². The second-order valence-corrected chi connectivity index (χ2v) is 1.41. The van der Waals surface area contributed by atoms with Crippen LogP contribution in [0.15, 0.2) is 0 Å². The third-order valence-corrected chi connectivity index (χ3v) is 0.632. The van der Waals surface area contributed by atoms with E-state index in [9.17, 15) is 19.8 Å². The Morgan fingerprint density at radius 1 is 1.36 bits per heavy atom. The molecule has 0 radical (unpaired) electrons. The van der Waals surface area contributed by atoms with E-state index in [4.69, 9.17) is 5.11 Å². The fraction of sp³-hybridized carbons (Fsp3) is 0.500. The average molecular weight is 214 g/mol. The van der Waals surface area contributed by atoms with E-state index < -0.39 is 24.5 Å². The van der Waals surface area contributed by atoms with E-state index in [0.29, 0.717) is 0 Å². The number of carboxylic acids is 2. The Kier molecular flexibility index (Phi) is 11.6. The number of aliphatic hydroxyl groups is 1. The molecule has 0 aromatic rings. The zero-order valence-corrected chi connectivity index (χ0v) is 8.75. The topological polar surface area (TPSA) is 135 Å². The van der Waals surface area contributed by atoms with Gasteiger partial charge in [0.25, 0.3) is 0 Å². The Hall–Kier alpha value is -0.517. The molecule has 0 aromatic heterocycles. The molecule has 1 atom stereocenters. The number of carboxylic acid groups (broad SMARTS) is 2. The van der Waals surface area contributed by atoms with Crippen LogP contribution in [0.4, 0.5) is 0 Å². The molecule has 0 fully saturated rings. The second kappa shape index (κ2) is 7.59. The molecule has 0 rings (SSSR count). The van der Waals surface area contributed by atoms with Gasteiger partial charge in [-0.1, -0.05) is 0 Å². The standard InChI is InChI=1S/C4H6O5.H3N.Zn/c5-2(4(8)9)1-3(6)7;;/h2,5H,1H2,(H,6,7)(H,8,9);1H3;/q;;+2/p-2. The predicted octanol–water partition coefficient (Wildman–Crippen LogP) is -3.60. The van der Waals surface area contributed by atoms with Gasteiger partial charge >= 0.3 is 19.5 Å². The third kappa shape index (κ3) is 9.48. The molecule has 0 bridgehead atoms. The molecule has 0 amide bonds. The first kappa shape index (κ1) is 16.8. The van der Waals surface area contributed by atoms with Crippen LogP contribution >= 0.6 is 0 Å². The zero-order valence-electron chi connectivity index (χ0n) is 5.78. The monoisotopic (exact) mass is 213 g/mol. The Morgan fingerprint density at radius 2 is 1.73 bits per heavy atom. The summed E-state index contributed by atoms with van der Waals surface area (Å²) in [5, 5.41) is 27.3. The number of carbonyl (C=O) groups excluding carboxylic acids is 2. The van der Waals surface area contributed by atoms with Gasteiger partial charge in [0, 0.05) is 12.4 Å². The van der Waals surface area contributed by atoms with Crippen LogP contribution in [-0.2, 0) is 29.1 Å². The number of aliphatic hydroxyl groups excluding tert-OH is 1. The van der Waals surface area contributed by atoms with Crippen molar-refractivity contribution in [3.05, 3.63) is 0 Å². The van der Waals surface area contributed by atoms with E-state index in [0.717, 1.165) is 0 Å². The predicted molar refractivity (Wildman–Crippen MR) is 25.7 cm³/mol. The van der Waals surface area contributed by atoms with Crippen LogP contribution in [0.2, 0.25) is 0 Å². The van der Waals surface area contributed by atoms with Gasteiger partial charge in [0.1, 0.15) is 0 Å². The fourth-order valence-electron chi connectivity index (χ4n) is 0.241. The van der Waals surface area contributed by atoms with E-state index in [1.54, 1.807) is 0 Å². The Balaban J connectivity index is -0.000000320. The summed E-state index contributed by atoms with van der Waals surface area (Å²) < 4.78 is 0. The molecule has 0 saturated carbocycles. The van der Waals surface area contributed by atoms with Gasteiger partial charge in [0.15, 0.2) is 0 Å². The van der Waals surface area contributed by atoms with Gasteiger partial charge in [-0.2, -0.15) is 0 Å². The molecule has 6 nitrogen and oxygen atoms in total. The van der Waals surface area contributed by atoms with E-state index in [2.05, 4.69) is 0 Å². The SMILES string of the molecule is N.O=C([O-])CC(O)C(=O)[O-].[Zn+2]. The van der Waals surface area contributed by atoms with Crippen molar-refractivity contribution in [2.45, 2.75) is 12.5 Å². The van der Waals surface area contributed by atoms with E-state index in [1.165, 1.54) is 0 Å². The maximum atomic E-state index is 9.58. The largest absolute Gasteiger partial charge is 2.00 e. The number of carbonyl (C=O) groups is 2. The van der Waals surface area contributed by atoms with E-state index in [-0.39, 0.29) is 25.6 Å². The Bertz CT molecular complexity index is 138. The normalized spacial score (nSPS) is 10.3. The summed E-state index contributed by atoms with van der Waals surface area (Å²) in [7, 11) is 0. The van der Waals surface area contributed by atoms with Crippen LogP contribution in [-0.4, -0.2) is 23.1 Å². The zero-order chi connectivity index (χ0) is 7.44. The molecule has 1 unspecified atom stereocenters. The summed E-state index contributed by atoms with van der Waals surface area (Å²) >= 11 is 0. The number of hydrogen-bond donors (Lipinski definition) is 2. The molecule has 0 aromatic carbocycles. The molecule has 7 heteroatoms. The molecule has 11 heavy (non-hydrogen) atoms. The first-order chi connectivity index (χ1) is 4.04. The average Bonchev–Trinajstić information content (AvgIpc) is 1.63. The molecule has 0 heterocycles. The van der Waals surface area contributed by atoms with Crippen molar-refractivity contribution in [3.63, 3.8) is 0 Å². The van der Waals surface area contributed by atoms with Crippen molar-refractivity contribution < 1.29 is 44.4 Å². The molecule has 4 N–H and O–H groups in total. The minimum atomic E-state index is -1.96. The maximum absolute atomic E-state index is 9.58. The van der Waals surface area contributed by atoms with Gasteiger partial charge in [-0.15, -0.1) is 0 Å². The van der Waals surface area contributed by atoms with Crippen molar-refractivity contribution in [2.75, 3.05) is 0 Å². The first-order valence-corrected chi connectivity index (χ1v) is 2.13. The molecule has 0 aliphatic rings. The summed E-state index contributed by atoms with van der Waals surface area (Å²) in [6.45, 7) is 0. The molecular formula is C4H7NO5Zn. The van der Waals surface area contributed by atoms with Gasteiger partial charge in [0.05, 0.1) is 12.1 Å². The second-order valence-electron chi connectivity index (χ2n) is 1.41. The summed E-state index contributed by atoms with van der Waals surface area (Å²) in [6, 6.07) is 0. The minimum Gasteiger partial charge on any atom is -0.550 e. The summed E-state index contributed by atoms with van der Waals surface area (Å²) in [6.07, 6.45) is -2.89. The molecule has 60 valence electrons. The van der Waals surface area contributed by atoms with Gasteiger partial charge in [-0.25, -0.2) is 0 Å². The van der Waals surface area contributed by atoms with Crippen LogP contribution in [0, 0.1) is 0 Å². The van der Waals surface area contributed by atoms with Crippen LogP contribution in [0.5, 0.6) is 0 Å². The van der Waals surface area contributed by atoms with Crippen molar-refractivity contribution in [3.8, 4) is 0 Å². The Morgan fingerprint density at radius 3 is 1.82 bits per heavy atom. The number of hydrogen-bond acceptors (Lipinski definition) is 6. The fourth-order valence-corrected chi connectivity index (χ4v) is 0.241. The summed E-state index contributed by atoms with van der Waals surface area (Å²) in [4.78, 5) is 19.1. The summed E-state index contributed by atoms with van der Waals surface area (Å²) in [5.74, 6) is -3.43. The quantitative estimate of drug-likeness (QED) is 0.466. The van der Waals surface area contributed by atoms with Crippen LogP contribution in [0.3, 0.4) is 0 Å². The van der Waals surface area contributed by atoms with E-state index >= 15 is 0 Å². The van der Waals surface area contributed by atoms with Gasteiger partial charge in [-0.05, 0) is 0 Å². The molecule has 0 aliphatic heterocycles. The maximum Gasteiger partial charge on any atom is 2.00 e. The van der Waals surface area contributed by atoms with Gasteiger partial charge in [0.2, 0.25) is 0 Å². The van der Waals surface area contributed by atoms with Crippen LogP contribution < -0.4 is 16.4 Å². The van der Waals surface area contributed by atoms with Crippen LogP contribution in [0.1, 0.15) is 6.42 Å². The van der Waals surface area contributed by atoms with Crippen molar-refractivity contribution in [1.29, 1.82) is 0 Å². The van der Waals surface area contributed by atoms with Crippen molar-refractivity contribution in [1.82, 2.24) is 6.15 Å². The molecule has 0 saturated heterocycles. The number of aliphatic carboxylic acids is 2. The summed E-state index contributed by atoms with van der Waals surface area (Å²) in [5.41, 5.74) is 0. The van der Waals surface area contributed by atoms with Gasteiger partial charge in [-0.3, -0.25) is 0 Å². The molecule has 0 aliphatic carbocycles. The molecule has 0 spiro atoms. The molecular weight excluding hydrogens is 207 g/mol. The smallest absolute Gasteiger partial charge is 0.550 e. The van der Waals surface area contributed by atoms with Crippen molar-refractivity contribution in [2.24, 2.45) is 0 Å². The first-order valence-electron chi connectivity index (χ1n) is 2.13.